The van der Waals surface area contributed by atoms with Gasteiger partial charge < -0.3 is 20.7 Å². The van der Waals surface area contributed by atoms with Gasteiger partial charge in [-0.1, -0.05) is 42.0 Å². The lowest BCUT2D eigenvalue weighted by Crippen LogP contribution is -2.49. The molecule has 0 aliphatic rings. The number of amides is 2. The van der Waals surface area contributed by atoms with E-state index in [9.17, 15) is 14.7 Å². The summed E-state index contributed by atoms with van der Waals surface area (Å²) in [5.74, 6) is -0.582. The molecule has 1 aromatic heterocycles. The largest absolute Gasteiger partial charge is 0.391 e. The summed E-state index contributed by atoms with van der Waals surface area (Å²) >= 11 is 0. The zero-order valence-electron chi connectivity index (χ0n) is 17.7. The van der Waals surface area contributed by atoms with Crippen molar-refractivity contribution in [1.82, 2.24) is 15.6 Å². The van der Waals surface area contributed by atoms with Gasteiger partial charge in [0.05, 0.1) is 6.10 Å². The van der Waals surface area contributed by atoms with Gasteiger partial charge in [-0.15, -0.1) is 0 Å². The van der Waals surface area contributed by atoms with Crippen LogP contribution in [0.1, 0.15) is 29.2 Å². The smallest absolute Gasteiger partial charge is 0.243 e. The standard InChI is InChI=1S/C24H29N3O3/c1-15-8-9-18(16(2)10-15)11-20(29)14-26-24(30)23(27-17(3)28)12-19-13-25-22-7-5-4-6-21(19)22/h4-10,13,20,23,25,29H,11-12,14H2,1-3H3,(H,26,30)(H,27,28). The van der Waals surface area contributed by atoms with E-state index in [1.54, 1.807) is 0 Å². The maximum atomic E-state index is 12.8. The second-order valence-electron chi connectivity index (χ2n) is 7.85. The number of carbonyl (C=O) groups excluding carboxylic acids is 2. The second-order valence-corrected chi connectivity index (χ2v) is 7.85. The van der Waals surface area contributed by atoms with Crippen molar-refractivity contribution in [3.63, 3.8) is 0 Å². The Morgan fingerprint density at radius 3 is 2.57 bits per heavy atom. The fraction of sp³-hybridized carbons (Fsp3) is 0.333. The predicted molar refractivity (Wildman–Crippen MR) is 118 cm³/mol. The van der Waals surface area contributed by atoms with Crippen molar-refractivity contribution in [3.8, 4) is 0 Å². The Bertz CT molecular complexity index is 1040. The van der Waals surface area contributed by atoms with Gasteiger partial charge >= 0.3 is 0 Å². The Hall–Kier alpha value is -3.12. The molecule has 2 aromatic carbocycles. The molecule has 0 saturated carbocycles. The van der Waals surface area contributed by atoms with Crippen LogP contribution in [0, 0.1) is 13.8 Å². The van der Waals surface area contributed by atoms with Crippen LogP contribution in [0.4, 0.5) is 0 Å². The zero-order valence-corrected chi connectivity index (χ0v) is 17.7. The molecule has 2 unspecified atom stereocenters. The van der Waals surface area contributed by atoms with Gasteiger partial charge in [0, 0.05) is 43.4 Å². The first kappa shape index (κ1) is 21.6. The van der Waals surface area contributed by atoms with Crippen LogP contribution >= 0.6 is 0 Å². The molecule has 0 bridgehead atoms. The molecular weight excluding hydrogens is 378 g/mol. The molecule has 2 atom stereocenters. The van der Waals surface area contributed by atoms with Crippen LogP contribution in [0.5, 0.6) is 0 Å². The number of hydrogen-bond acceptors (Lipinski definition) is 3. The number of rotatable bonds is 8. The van der Waals surface area contributed by atoms with Gasteiger partial charge in [0.15, 0.2) is 0 Å². The molecule has 0 saturated heterocycles. The minimum Gasteiger partial charge on any atom is -0.391 e. The van der Waals surface area contributed by atoms with Crippen molar-refractivity contribution in [2.24, 2.45) is 0 Å². The third-order valence-corrected chi connectivity index (χ3v) is 5.26. The fourth-order valence-electron chi connectivity index (χ4n) is 3.72. The quantitative estimate of drug-likeness (QED) is 0.462. The Morgan fingerprint density at radius 1 is 1.07 bits per heavy atom. The summed E-state index contributed by atoms with van der Waals surface area (Å²) in [7, 11) is 0. The SMILES string of the molecule is CC(=O)NC(Cc1c[nH]c2ccccc12)C(=O)NCC(O)Cc1ccc(C)cc1C. The highest BCUT2D eigenvalue weighted by atomic mass is 16.3. The fourth-order valence-corrected chi connectivity index (χ4v) is 3.72. The van der Waals surface area contributed by atoms with Gasteiger partial charge in [-0.25, -0.2) is 0 Å². The lowest BCUT2D eigenvalue weighted by atomic mass is 10.00. The first-order valence-corrected chi connectivity index (χ1v) is 10.2. The van der Waals surface area contributed by atoms with Crippen LogP contribution in [0.25, 0.3) is 10.9 Å². The number of aliphatic hydroxyl groups is 1. The first-order valence-electron chi connectivity index (χ1n) is 10.2. The molecule has 4 N–H and O–H groups in total. The first-order chi connectivity index (χ1) is 14.3. The number of H-pyrrole nitrogens is 1. The van der Waals surface area contributed by atoms with Crippen molar-refractivity contribution in [1.29, 1.82) is 0 Å². The van der Waals surface area contributed by atoms with E-state index in [4.69, 9.17) is 0 Å². The predicted octanol–water partition coefficient (Wildman–Crippen LogP) is 2.55. The number of aromatic amines is 1. The van der Waals surface area contributed by atoms with Gasteiger partial charge in [0.2, 0.25) is 11.8 Å². The average molecular weight is 408 g/mol. The minimum atomic E-state index is -0.713. The third kappa shape index (κ3) is 5.48. The summed E-state index contributed by atoms with van der Waals surface area (Å²) in [5.41, 5.74) is 5.29. The zero-order chi connectivity index (χ0) is 21.7. The molecule has 0 aliphatic heterocycles. The van der Waals surface area contributed by atoms with Crippen LogP contribution in [-0.4, -0.2) is 40.6 Å². The summed E-state index contributed by atoms with van der Waals surface area (Å²) in [6.07, 6.45) is 1.98. The monoisotopic (exact) mass is 407 g/mol. The molecular formula is C24H29N3O3. The van der Waals surface area contributed by atoms with E-state index in [1.165, 1.54) is 12.5 Å². The number of aryl methyl sites for hydroxylation is 2. The summed E-state index contributed by atoms with van der Waals surface area (Å²) in [6, 6.07) is 13.2. The van der Waals surface area contributed by atoms with Gasteiger partial charge in [-0.05, 0) is 36.6 Å². The van der Waals surface area contributed by atoms with Gasteiger partial charge in [-0.2, -0.15) is 0 Å². The molecule has 0 fully saturated rings. The van der Waals surface area contributed by atoms with Crippen LogP contribution in [-0.2, 0) is 22.4 Å². The van der Waals surface area contributed by atoms with Crippen LogP contribution in [0.15, 0.2) is 48.7 Å². The molecule has 1 heterocycles. The highest BCUT2D eigenvalue weighted by Gasteiger charge is 2.22. The number of aromatic nitrogens is 1. The van der Waals surface area contributed by atoms with Gasteiger partial charge in [0.1, 0.15) is 6.04 Å². The summed E-state index contributed by atoms with van der Waals surface area (Å²) < 4.78 is 0. The Balaban J connectivity index is 1.62. The van der Waals surface area contributed by atoms with Crippen molar-refractivity contribution in [2.75, 3.05) is 6.54 Å². The molecule has 6 heteroatoms. The maximum Gasteiger partial charge on any atom is 0.243 e. The summed E-state index contributed by atoms with van der Waals surface area (Å²) in [4.78, 5) is 27.6. The summed E-state index contributed by atoms with van der Waals surface area (Å²) in [6.45, 7) is 5.56. The van der Waals surface area contributed by atoms with E-state index >= 15 is 0 Å². The lowest BCUT2D eigenvalue weighted by molar-refractivity contribution is -0.128. The Morgan fingerprint density at radius 2 is 1.83 bits per heavy atom. The normalized spacial score (nSPS) is 13.1. The van der Waals surface area contributed by atoms with Crippen LogP contribution in [0.3, 0.4) is 0 Å². The molecule has 3 rings (SSSR count). The number of carbonyl (C=O) groups is 2. The van der Waals surface area contributed by atoms with Gasteiger partial charge in [0.25, 0.3) is 0 Å². The molecule has 158 valence electrons. The molecule has 6 nitrogen and oxygen atoms in total. The van der Waals surface area contributed by atoms with E-state index in [0.29, 0.717) is 12.8 Å². The van der Waals surface area contributed by atoms with Crippen molar-refractivity contribution in [3.05, 3.63) is 70.9 Å². The second kappa shape index (κ2) is 9.59. The molecule has 0 aliphatic carbocycles. The molecule has 30 heavy (non-hydrogen) atoms. The van der Waals surface area contributed by atoms with Crippen LogP contribution < -0.4 is 10.6 Å². The number of para-hydroxylation sites is 1. The number of benzene rings is 2. The average Bonchev–Trinajstić information content (AvgIpc) is 3.10. The number of hydrogen-bond donors (Lipinski definition) is 4. The van der Waals surface area contributed by atoms with E-state index in [2.05, 4.69) is 21.7 Å². The van der Waals surface area contributed by atoms with E-state index in [0.717, 1.165) is 27.6 Å². The van der Waals surface area contributed by atoms with Crippen molar-refractivity contribution < 1.29 is 14.7 Å². The maximum absolute atomic E-state index is 12.8. The minimum absolute atomic E-state index is 0.121. The number of nitrogens with one attached hydrogen (secondary N) is 3. The van der Waals surface area contributed by atoms with E-state index < -0.39 is 12.1 Å². The molecule has 0 radical (unpaired) electrons. The Labute approximate surface area is 176 Å². The van der Waals surface area contributed by atoms with E-state index in [-0.39, 0.29) is 18.4 Å². The van der Waals surface area contributed by atoms with Gasteiger partial charge in [-0.3, -0.25) is 9.59 Å². The van der Waals surface area contributed by atoms with Crippen molar-refractivity contribution >= 4 is 22.7 Å². The van der Waals surface area contributed by atoms with Crippen molar-refractivity contribution in [2.45, 2.75) is 45.8 Å². The van der Waals surface area contributed by atoms with Crippen LogP contribution in [0.2, 0.25) is 0 Å². The highest BCUT2D eigenvalue weighted by Crippen LogP contribution is 2.19. The third-order valence-electron chi connectivity index (χ3n) is 5.26. The topological polar surface area (TPSA) is 94.2 Å². The highest BCUT2D eigenvalue weighted by molar-refractivity contribution is 5.89. The Kier molecular flexibility index (Phi) is 6.90. The molecule has 2 amide bonds. The molecule has 0 spiro atoms. The lowest BCUT2D eigenvalue weighted by Gasteiger charge is -2.19. The van der Waals surface area contributed by atoms with E-state index in [1.807, 2.05) is 56.4 Å². The number of fused-ring (bicyclic) bond motifs is 1. The molecule has 3 aromatic rings. The summed E-state index contributed by atoms with van der Waals surface area (Å²) in [5, 5.41) is 16.9. The number of aliphatic hydroxyl groups excluding tert-OH is 1.